The molecular weight excluding hydrogens is 90.9 g/mol. The molecule has 0 rings (SSSR count). The molecule has 4 heteroatoms. The molecule has 0 radical (unpaired) electrons. The van der Waals surface area contributed by atoms with Crippen molar-refractivity contribution in [3.63, 3.8) is 0 Å². The van der Waals surface area contributed by atoms with Crippen molar-refractivity contribution in [3.05, 3.63) is 6.44 Å². The molecule has 0 aliphatic rings. The zero-order valence-electron chi connectivity index (χ0n) is 4.27. The summed E-state index contributed by atoms with van der Waals surface area (Å²) >= 11 is 0. The van der Waals surface area contributed by atoms with E-state index in [-0.39, 0.29) is 0 Å². The van der Waals surface area contributed by atoms with Crippen LogP contribution in [0.15, 0.2) is 0 Å². The normalized spacial score (nSPS) is 7.57. The Labute approximate surface area is 43.7 Å². The first-order chi connectivity index (χ1) is 3.41. The Bertz CT molecular complexity index is 50.2. The van der Waals surface area contributed by atoms with E-state index < -0.39 is 0 Å². The van der Waals surface area contributed by atoms with Gasteiger partial charge in [0.25, 0.3) is 0 Å². The van der Waals surface area contributed by atoms with Gasteiger partial charge in [-0.3, -0.25) is 0 Å². The summed E-state index contributed by atoms with van der Waals surface area (Å²) in [6.45, 7) is 2.75. The van der Waals surface area contributed by atoms with Gasteiger partial charge in [0, 0.05) is 0 Å². The van der Waals surface area contributed by atoms with Crippen molar-refractivity contribution < 1.29 is 4.70 Å². The number of nitrogens with one attached hydrogen (secondary N) is 2. The maximum atomic E-state index is 9.52. The molecule has 2 N–H and O–H groups in total. The van der Waals surface area contributed by atoms with E-state index in [9.17, 15) is 4.70 Å². The second kappa shape index (κ2) is 5.65. The molecule has 40 valence electrons. The SMILES string of the molecule is CCNN[CH-]B=O. The van der Waals surface area contributed by atoms with Gasteiger partial charge in [0.2, 0.25) is 0 Å². The molecule has 0 saturated heterocycles. The summed E-state index contributed by atoms with van der Waals surface area (Å²) in [6.07, 6.45) is 1.30. The molecule has 7 heavy (non-hydrogen) atoms. The Morgan fingerprint density at radius 3 is 3.00 bits per heavy atom. The molecule has 0 aromatic heterocycles. The van der Waals surface area contributed by atoms with Gasteiger partial charge in [-0.1, -0.05) is 0 Å². The van der Waals surface area contributed by atoms with Crippen LogP contribution in [-0.4, -0.2) is 13.7 Å². The minimum absolute atomic E-state index is 0.683. The molecule has 0 aliphatic carbocycles. The standard InChI is InChI=1S/C3H8BN2O/c1-2-5-6-3-4-7/h3,5-6H,2H2,1H3/q-1. The van der Waals surface area contributed by atoms with Gasteiger partial charge in [-0.2, -0.15) is 0 Å². The Morgan fingerprint density at radius 1 is 1.86 bits per heavy atom. The number of hydrogen-bond acceptors (Lipinski definition) is 3. The first-order valence-corrected chi connectivity index (χ1v) is 2.17. The van der Waals surface area contributed by atoms with E-state index in [0.717, 1.165) is 6.54 Å². The fourth-order valence-electron chi connectivity index (χ4n) is 0.195. The van der Waals surface area contributed by atoms with Gasteiger partial charge in [-0.25, -0.2) is 0 Å². The Balaban J connectivity index is 2.56. The second-order valence-corrected chi connectivity index (χ2v) is 0.977. The van der Waals surface area contributed by atoms with Gasteiger partial charge in [-0.05, 0) is 0 Å². The number of hydrazine groups is 1. The van der Waals surface area contributed by atoms with Crippen molar-refractivity contribution in [2.24, 2.45) is 0 Å². The summed E-state index contributed by atoms with van der Waals surface area (Å²) in [5.74, 6) is 0. The molecule has 0 aromatic rings. The van der Waals surface area contributed by atoms with Crippen LogP contribution in [0.25, 0.3) is 0 Å². The summed E-state index contributed by atoms with van der Waals surface area (Å²) in [7, 11) is 0.683. The molecule has 0 aliphatic heterocycles. The fourth-order valence-corrected chi connectivity index (χ4v) is 0.195. The van der Waals surface area contributed by atoms with Crippen molar-refractivity contribution in [2.45, 2.75) is 6.92 Å². The topological polar surface area (TPSA) is 41.1 Å². The fraction of sp³-hybridized carbons (Fsp3) is 0.667. The molecule has 0 saturated carbocycles. The van der Waals surface area contributed by atoms with E-state index in [2.05, 4.69) is 10.9 Å². The van der Waals surface area contributed by atoms with Crippen LogP contribution in [0.2, 0.25) is 0 Å². The predicted molar refractivity (Wildman–Crippen MR) is 27.6 cm³/mol. The molecule has 0 fully saturated rings. The van der Waals surface area contributed by atoms with E-state index in [1.54, 1.807) is 0 Å². The van der Waals surface area contributed by atoms with Crippen LogP contribution in [0, 0.1) is 6.44 Å². The Kier molecular flexibility index (Phi) is 5.38. The third-order valence-electron chi connectivity index (χ3n) is 0.430. The second-order valence-electron chi connectivity index (χ2n) is 0.977. The van der Waals surface area contributed by atoms with Crippen molar-refractivity contribution in [1.29, 1.82) is 0 Å². The monoisotopic (exact) mass is 99.1 g/mol. The average molecular weight is 98.9 g/mol. The van der Waals surface area contributed by atoms with Crippen LogP contribution in [-0.2, 0) is 4.70 Å². The Morgan fingerprint density at radius 2 is 2.57 bits per heavy atom. The molecule has 3 nitrogen and oxygen atoms in total. The third-order valence-corrected chi connectivity index (χ3v) is 0.430. The average Bonchev–Trinajstić information content (AvgIpc) is 1.69. The van der Waals surface area contributed by atoms with Crippen LogP contribution >= 0.6 is 0 Å². The molecule has 0 atom stereocenters. The maximum absolute atomic E-state index is 9.52. The molecule has 0 spiro atoms. The number of rotatable bonds is 4. The quantitative estimate of drug-likeness (QED) is 0.211. The van der Waals surface area contributed by atoms with E-state index >= 15 is 0 Å². The van der Waals surface area contributed by atoms with E-state index in [4.69, 9.17) is 0 Å². The summed E-state index contributed by atoms with van der Waals surface area (Å²) in [5, 5.41) is 0. The van der Waals surface area contributed by atoms with E-state index in [1.165, 1.54) is 6.44 Å². The molecule has 0 amide bonds. The zero-order chi connectivity index (χ0) is 5.54. The summed E-state index contributed by atoms with van der Waals surface area (Å²) in [4.78, 5) is 0. The van der Waals surface area contributed by atoms with Crippen LogP contribution in [0.5, 0.6) is 0 Å². The molecule has 0 heterocycles. The summed E-state index contributed by atoms with van der Waals surface area (Å²) in [6, 6.07) is 0. The van der Waals surface area contributed by atoms with Gasteiger partial charge >= 0.3 is 42.6 Å². The van der Waals surface area contributed by atoms with Gasteiger partial charge in [-0.15, -0.1) is 0 Å². The molecular formula is C3H8BN2O-. The van der Waals surface area contributed by atoms with Gasteiger partial charge < -0.3 is 0 Å². The molecule has 0 bridgehead atoms. The van der Waals surface area contributed by atoms with Crippen LogP contribution in [0.4, 0.5) is 0 Å². The molecule has 0 unspecified atom stereocenters. The number of hydrogen-bond donors (Lipinski definition) is 2. The van der Waals surface area contributed by atoms with E-state index in [0.29, 0.717) is 7.15 Å². The van der Waals surface area contributed by atoms with Crippen molar-refractivity contribution in [2.75, 3.05) is 6.54 Å². The first-order valence-electron chi connectivity index (χ1n) is 2.17. The van der Waals surface area contributed by atoms with Gasteiger partial charge in [0.1, 0.15) is 0 Å². The van der Waals surface area contributed by atoms with Crippen LogP contribution in [0.1, 0.15) is 6.92 Å². The molecule has 0 aromatic carbocycles. The Hall–Kier alpha value is -0.345. The van der Waals surface area contributed by atoms with E-state index in [1.807, 2.05) is 6.92 Å². The van der Waals surface area contributed by atoms with Crippen LogP contribution < -0.4 is 10.9 Å². The first kappa shape index (κ1) is 6.65. The van der Waals surface area contributed by atoms with Crippen molar-refractivity contribution >= 4 is 7.15 Å². The minimum atomic E-state index is 0.683. The summed E-state index contributed by atoms with van der Waals surface area (Å²) < 4.78 is 9.52. The van der Waals surface area contributed by atoms with Gasteiger partial charge in [0.05, 0.1) is 0 Å². The van der Waals surface area contributed by atoms with Crippen molar-refractivity contribution in [3.8, 4) is 0 Å². The van der Waals surface area contributed by atoms with Crippen molar-refractivity contribution in [1.82, 2.24) is 10.9 Å². The summed E-state index contributed by atoms with van der Waals surface area (Å²) in [5.41, 5.74) is 5.25. The van der Waals surface area contributed by atoms with Gasteiger partial charge in [0.15, 0.2) is 0 Å². The zero-order valence-corrected chi connectivity index (χ0v) is 4.27. The third kappa shape index (κ3) is 5.65. The van der Waals surface area contributed by atoms with Crippen LogP contribution in [0.3, 0.4) is 0 Å². The predicted octanol–water partition coefficient (Wildman–Crippen LogP) is -0.731.